The molecule has 10 nitrogen and oxygen atoms in total. The van der Waals surface area contributed by atoms with Crippen LogP contribution in [0.2, 0.25) is 0 Å². The summed E-state index contributed by atoms with van der Waals surface area (Å²) in [6, 6.07) is 23.0. The summed E-state index contributed by atoms with van der Waals surface area (Å²) >= 11 is 0. The maximum Gasteiger partial charge on any atom is 0.416 e. The number of rotatable bonds is 10. The van der Waals surface area contributed by atoms with Crippen molar-refractivity contribution in [2.75, 3.05) is 34.7 Å². The maximum atomic E-state index is 15.0. The summed E-state index contributed by atoms with van der Waals surface area (Å²) in [6.07, 6.45) is -5.38. The number of imidazole rings is 1. The van der Waals surface area contributed by atoms with E-state index in [1.165, 1.54) is 54.4 Å². The summed E-state index contributed by atoms with van der Waals surface area (Å²) in [5, 5.41) is 2.22. The van der Waals surface area contributed by atoms with Gasteiger partial charge < -0.3 is 19.5 Å². The molecule has 0 unspecified atom stereocenters. The molecule has 2 heterocycles. The van der Waals surface area contributed by atoms with Gasteiger partial charge in [-0.25, -0.2) is 31.4 Å². The van der Waals surface area contributed by atoms with E-state index >= 15 is 4.39 Å². The number of benzene rings is 5. The van der Waals surface area contributed by atoms with Crippen LogP contribution in [0.15, 0.2) is 108 Å². The van der Waals surface area contributed by atoms with Crippen molar-refractivity contribution in [2.24, 2.45) is 7.05 Å². The molecule has 1 aliphatic heterocycles. The number of nitrogens with zero attached hydrogens (tertiary/aromatic N) is 4. The molecule has 1 aromatic heterocycles. The van der Waals surface area contributed by atoms with Crippen LogP contribution in [0.4, 0.5) is 43.4 Å². The predicted molar refractivity (Wildman–Crippen MR) is 210 cm³/mol. The van der Waals surface area contributed by atoms with E-state index in [0.717, 1.165) is 15.9 Å². The number of anilines is 3. The lowest BCUT2D eigenvalue weighted by atomic mass is 9.93. The fourth-order valence-electron chi connectivity index (χ4n) is 6.78. The number of hydrogen-bond acceptors (Lipinski definition) is 7. The van der Waals surface area contributed by atoms with Crippen LogP contribution in [0, 0.1) is 12.7 Å². The molecule has 306 valence electrons. The molecule has 6 aromatic rings. The average Bonchev–Trinajstić information content (AvgIpc) is 3.72. The molecule has 59 heavy (non-hydrogen) atoms. The zero-order chi connectivity index (χ0) is 42.4. The van der Waals surface area contributed by atoms with Gasteiger partial charge in [0.25, 0.3) is 21.9 Å². The van der Waals surface area contributed by atoms with Gasteiger partial charge in [-0.2, -0.15) is 13.2 Å². The molecule has 1 fully saturated rings. The molecule has 1 amide bonds. The van der Waals surface area contributed by atoms with Crippen LogP contribution in [0.5, 0.6) is 0 Å². The topological polar surface area (TPSA) is 114 Å². The van der Waals surface area contributed by atoms with Crippen molar-refractivity contribution in [1.82, 2.24) is 9.55 Å². The second-order valence-electron chi connectivity index (χ2n) is 14.0. The van der Waals surface area contributed by atoms with Crippen LogP contribution in [0.25, 0.3) is 22.2 Å². The summed E-state index contributed by atoms with van der Waals surface area (Å²) in [4.78, 5) is 33.9. The Morgan fingerprint density at radius 1 is 0.949 bits per heavy atom. The molecule has 0 spiro atoms. The molecule has 5 aromatic carbocycles. The zero-order valence-corrected chi connectivity index (χ0v) is 32.5. The highest BCUT2D eigenvalue weighted by molar-refractivity contribution is 7.92. The van der Waals surface area contributed by atoms with Gasteiger partial charge in [-0.15, -0.1) is 0 Å². The number of fused-ring (bicyclic) bond motifs is 1. The standard InChI is InChI=1S/C42H35F6N5O5S/c1-25-49-36-22-31(14-16-37(36)51(25)2)59(56,57)52(3)29-12-9-27(10-13-29)32-20-30(53-18-17-41(44,45)24-53)21-33(38(32)40(55)58-23-26-7-5-4-6-8-26)39(54)50-35-15-11-28(19-34(35)43)42(46,47)48/h4-16,19-22H,17-18,23-24H2,1-3H3,(H,50,54). The minimum absolute atomic E-state index is 0.0156. The van der Waals surface area contributed by atoms with Gasteiger partial charge in [0.05, 0.1) is 50.5 Å². The Morgan fingerprint density at radius 3 is 2.31 bits per heavy atom. The SMILES string of the molecule is Cc1nc2cc(S(=O)(=O)N(C)c3ccc(-c4cc(N5CCC(F)(F)C5)cc(C(=O)Nc5ccc(C(F)(F)F)cc5F)c4C(=O)OCc4ccccc4)cc3)ccc2n1C. The van der Waals surface area contributed by atoms with Crippen molar-refractivity contribution >= 4 is 50.0 Å². The average molecular weight is 836 g/mol. The number of carbonyl (C=O) groups excluding carboxylic acids is 2. The third-order valence-corrected chi connectivity index (χ3v) is 11.9. The number of nitrogens with one attached hydrogen (secondary N) is 1. The number of hydrogen-bond donors (Lipinski definition) is 1. The Morgan fingerprint density at radius 2 is 1.66 bits per heavy atom. The first-order chi connectivity index (χ1) is 27.8. The molecular formula is C42H35F6N5O5S. The lowest BCUT2D eigenvalue weighted by Gasteiger charge is -2.23. The second-order valence-corrected chi connectivity index (χ2v) is 16.0. The fraction of sp³-hybridized carbons (Fsp3) is 0.214. The van der Waals surface area contributed by atoms with Gasteiger partial charge in [0.2, 0.25) is 0 Å². The molecule has 0 aliphatic carbocycles. The van der Waals surface area contributed by atoms with Gasteiger partial charge in [0.15, 0.2) is 0 Å². The Labute approximate surface area is 334 Å². The lowest BCUT2D eigenvalue weighted by molar-refractivity contribution is -0.137. The summed E-state index contributed by atoms with van der Waals surface area (Å²) in [5.41, 5.74) is -0.419. The van der Waals surface area contributed by atoms with Crippen molar-refractivity contribution < 1.29 is 49.1 Å². The van der Waals surface area contributed by atoms with Crippen LogP contribution in [-0.2, 0) is 34.6 Å². The van der Waals surface area contributed by atoms with Crippen molar-refractivity contribution in [3.05, 3.63) is 137 Å². The van der Waals surface area contributed by atoms with E-state index in [0.29, 0.717) is 29.0 Å². The van der Waals surface area contributed by atoms with Crippen molar-refractivity contribution in [2.45, 2.75) is 36.9 Å². The monoisotopic (exact) mass is 835 g/mol. The van der Waals surface area contributed by atoms with E-state index < -0.39 is 69.6 Å². The maximum absolute atomic E-state index is 15.0. The number of alkyl halides is 5. The highest BCUT2D eigenvalue weighted by Crippen LogP contribution is 2.39. The number of carbonyl (C=O) groups is 2. The molecule has 1 saturated heterocycles. The molecule has 7 rings (SSSR count). The van der Waals surface area contributed by atoms with E-state index in [2.05, 4.69) is 10.3 Å². The number of amides is 1. The molecule has 0 bridgehead atoms. The van der Waals surface area contributed by atoms with Gasteiger partial charge in [-0.1, -0.05) is 42.5 Å². The summed E-state index contributed by atoms with van der Waals surface area (Å²) in [6.45, 7) is 0.675. The quantitative estimate of drug-likeness (QED) is 0.108. The third kappa shape index (κ3) is 8.32. The highest BCUT2D eigenvalue weighted by Gasteiger charge is 2.39. The van der Waals surface area contributed by atoms with E-state index in [9.17, 15) is 40.0 Å². The number of halogens is 6. The predicted octanol–water partition coefficient (Wildman–Crippen LogP) is 8.99. The lowest BCUT2D eigenvalue weighted by Crippen LogP contribution is -2.26. The van der Waals surface area contributed by atoms with E-state index in [1.807, 2.05) is 11.6 Å². The van der Waals surface area contributed by atoms with Crippen LogP contribution < -0.4 is 14.5 Å². The number of aromatic nitrogens is 2. The number of sulfonamides is 1. The van der Waals surface area contributed by atoms with Crippen LogP contribution in [-0.4, -0.2) is 55.9 Å². The molecule has 0 saturated carbocycles. The first kappa shape index (κ1) is 40.8. The number of ether oxygens (including phenoxy) is 1. The van der Waals surface area contributed by atoms with Gasteiger partial charge in [-0.3, -0.25) is 9.10 Å². The van der Waals surface area contributed by atoms with Gasteiger partial charge in [0.1, 0.15) is 18.2 Å². The van der Waals surface area contributed by atoms with Crippen molar-refractivity contribution in [3.63, 3.8) is 0 Å². The first-order valence-corrected chi connectivity index (χ1v) is 19.5. The molecule has 0 atom stereocenters. The first-order valence-electron chi connectivity index (χ1n) is 18.0. The number of aryl methyl sites for hydroxylation is 2. The number of esters is 1. The molecule has 0 radical (unpaired) electrons. The Hall–Kier alpha value is -6.36. The Bertz CT molecular complexity index is 2710. The van der Waals surface area contributed by atoms with E-state index in [4.69, 9.17) is 4.74 Å². The van der Waals surface area contributed by atoms with Crippen LogP contribution >= 0.6 is 0 Å². The van der Waals surface area contributed by atoms with Crippen molar-refractivity contribution in [3.8, 4) is 11.1 Å². The minimum atomic E-state index is -4.87. The second kappa shape index (κ2) is 15.4. The van der Waals surface area contributed by atoms with Gasteiger partial charge in [0, 0.05) is 32.7 Å². The normalized spacial score (nSPS) is 14.1. The molecule has 17 heteroatoms. The van der Waals surface area contributed by atoms with Gasteiger partial charge in [-0.05, 0) is 84.3 Å². The zero-order valence-electron chi connectivity index (χ0n) is 31.6. The molecule has 1 aliphatic rings. The highest BCUT2D eigenvalue weighted by atomic mass is 32.2. The van der Waals surface area contributed by atoms with E-state index in [1.54, 1.807) is 43.3 Å². The summed E-state index contributed by atoms with van der Waals surface area (Å²) < 4.78 is 120. The van der Waals surface area contributed by atoms with Crippen molar-refractivity contribution in [1.29, 1.82) is 0 Å². The van der Waals surface area contributed by atoms with Gasteiger partial charge >= 0.3 is 12.1 Å². The van der Waals surface area contributed by atoms with Crippen LogP contribution in [0.3, 0.4) is 0 Å². The largest absolute Gasteiger partial charge is 0.457 e. The third-order valence-electron chi connectivity index (χ3n) is 10.1. The smallest absolute Gasteiger partial charge is 0.416 e. The summed E-state index contributed by atoms with van der Waals surface area (Å²) in [7, 11) is -0.965. The summed E-state index contributed by atoms with van der Waals surface area (Å²) in [5.74, 6) is -5.99. The Balaban J connectivity index is 1.31. The minimum Gasteiger partial charge on any atom is -0.457 e. The fourth-order valence-corrected chi connectivity index (χ4v) is 7.99. The molecule has 1 N–H and O–H groups in total. The Kier molecular flexibility index (Phi) is 10.7. The van der Waals surface area contributed by atoms with Crippen LogP contribution in [0.1, 0.15) is 44.1 Å². The molecular weight excluding hydrogens is 801 g/mol. The van der Waals surface area contributed by atoms with E-state index in [-0.39, 0.29) is 52.2 Å².